The minimum absolute atomic E-state index is 0. The zero-order chi connectivity index (χ0) is 17.1. The van der Waals surface area contributed by atoms with Crippen molar-refractivity contribution in [3.63, 3.8) is 0 Å². The largest absolute Gasteiger partial charge is 0.366 e. The van der Waals surface area contributed by atoms with Crippen LogP contribution in [0.2, 0.25) is 0 Å². The molecule has 3 rings (SSSR count). The highest BCUT2D eigenvalue weighted by molar-refractivity contribution is 5.85. The topological polar surface area (TPSA) is 68.2 Å². The zero-order valence-electron chi connectivity index (χ0n) is 14.2. The molecule has 1 aliphatic rings. The smallest absolute Gasteiger partial charge is 0.250 e. The van der Waals surface area contributed by atoms with E-state index in [1.165, 1.54) is 12.1 Å². The van der Waals surface area contributed by atoms with Gasteiger partial charge >= 0.3 is 0 Å². The summed E-state index contributed by atoms with van der Waals surface area (Å²) in [5.74, 6) is -0.422. The maximum atomic E-state index is 13.1. The van der Waals surface area contributed by atoms with E-state index in [0.29, 0.717) is 13.2 Å². The van der Waals surface area contributed by atoms with Gasteiger partial charge in [0.25, 0.3) is 5.91 Å². The van der Waals surface area contributed by atoms with Gasteiger partial charge in [-0.3, -0.25) is 4.79 Å². The number of benzene rings is 1. The van der Waals surface area contributed by atoms with Crippen molar-refractivity contribution in [2.24, 2.45) is 0 Å². The first-order valence-electron chi connectivity index (χ1n) is 7.99. The van der Waals surface area contributed by atoms with Crippen LogP contribution in [-0.4, -0.2) is 41.5 Å². The Morgan fingerprint density at radius 3 is 2.80 bits per heavy atom. The predicted molar refractivity (Wildman–Crippen MR) is 94.7 cm³/mol. The third-order valence-electron chi connectivity index (χ3n) is 4.16. The van der Waals surface area contributed by atoms with Crippen LogP contribution in [0.5, 0.6) is 0 Å². The second-order valence-electron chi connectivity index (χ2n) is 5.87. The number of aromatic nitrogens is 2. The van der Waals surface area contributed by atoms with E-state index in [9.17, 15) is 9.18 Å². The Morgan fingerprint density at radius 2 is 2.16 bits per heavy atom. The SMILES string of the molecule is Cc1c(C(C)NC(=O)C2CNCCO2)cnn1-c1ccc(F)cc1.Cl. The van der Waals surface area contributed by atoms with E-state index in [1.807, 2.05) is 13.8 Å². The molecule has 6 nitrogen and oxygen atoms in total. The van der Waals surface area contributed by atoms with Crippen molar-refractivity contribution < 1.29 is 13.9 Å². The summed E-state index contributed by atoms with van der Waals surface area (Å²) in [7, 11) is 0. The summed E-state index contributed by atoms with van der Waals surface area (Å²) >= 11 is 0. The molecule has 1 aromatic carbocycles. The van der Waals surface area contributed by atoms with Crippen molar-refractivity contribution in [2.45, 2.75) is 26.0 Å². The zero-order valence-corrected chi connectivity index (χ0v) is 15.0. The average Bonchev–Trinajstić information content (AvgIpc) is 2.98. The van der Waals surface area contributed by atoms with Crippen LogP contribution in [0.4, 0.5) is 4.39 Å². The average molecular weight is 369 g/mol. The molecular weight excluding hydrogens is 347 g/mol. The number of carbonyl (C=O) groups is 1. The Labute approximate surface area is 152 Å². The molecule has 1 fully saturated rings. The summed E-state index contributed by atoms with van der Waals surface area (Å²) in [6, 6.07) is 5.94. The van der Waals surface area contributed by atoms with Crippen LogP contribution in [0.3, 0.4) is 0 Å². The second-order valence-corrected chi connectivity index (χ2v) is 5.87. The van der Waals surface area contributed by atoms with E-state index < -0.39 is 6.10 Å². The predicted octanol–water partition coefficient (Wildman–Crippen LogP) is 1.91. The van der Waals surface area contributed by atoms with E-state index in [0.717, 1.165) is 23.5 Å². The van der Waals surface area contributed by atoms with Gasteiger partial charge in [-0.1, -0.05) is 0 Å². The number of amides is 1. The fourth-order valence-corrected chi connectivity index (χ4v) is 2.81. The minimum Gasteiger partial charge on any atom is -0.366 e. The second kappa shape index (κ2) is 8.42. The van der Waals surface area contributed by atoms with Crippen LogP contribution in [-0.2, 0) is 9.53 Å². The summed E-state index contributed by atoms with van der Waals surface area (Å²) in [5, 5.41) is 10.5. The molecule has 2 heterocycles. The van der Waals surface area contributed by atoms with Gasteiger partial charge in [0.1, 0.15) is 11.9 Å². The van der Waals surface area contributed by atoms with E-state index in [1.54, 1.807) is 23.0 Å². The van der Waals surface area contributed by atoms with Crippen molar-refractivity contribution in [3.05, 3.63) is 47.5 Å². The lowest BCUT2D eigenvalue weighted by atomic mass is 10.1. The first-order chi connectivity index (χ1) is 11.6. The molecule has 0 aliphatic carbocycles. The quantitative estimate of drug-likeness (QED) is 0.865. The van der Waals surface area contributed by atoms with Gasteiger partial charge in [-0.25, -0.2) is 9.07 Å². The van der Waals surface area contributed by atoms with Gasteiger partial charge in [0, 0.05) is 24.3 Å². The number of ether oxygens (including phenoxy) is 1. The van der Waals surface area contributed by atoms with Gasteiger partial charge in [-0.05, 0) is 38.1 Å². The van der Waals surface area contributed by atoms with Crippen LogP contribution in [0.1, 0.15) is 24.2 Å². The van der Waals surface area contributed by atoms with Gasteiger partial charge in [-0.2, -0.15) is 5.10 Å². The number of nitrogens with zero attached hydrogens (tertiary/aromatic N) is 2. The molecule has 8 heteroatoms. The Kier molecular flexibility index (Phi) is 6.52. The normalized spacial score (nSPS) is 18.3. The number of rotatable bonds is 4. The monoisotopic (exact) mass is 368 g/mol. The van der Waals surface area contributed by atoms with Crippen molar-refractivity contribution in [2.75, 3.05) is 19.7 Å². The molecule has 2 aromatic rings. The van der Waals surface area contributed by atoms with Crippen LogP contribution >= 0.6 is 12.4 Å². The number of hydrogen-bond donors (Lipinski definition) is 2. The summed E-state index contributed by atoms with van der Waals surface area (Å²) in [6.07, 6.45) is 1.26. The molecule has 2 atom stereocenters. The van der Waals surface area contributed by atoms with Gasteiger partial charge in [-0.15, -0.1) is 12.4 Å². The van der Waals surface area contributed by atoms with Crippen LogP contribution < -0.4 is 10.6 Å². The number of hydrogen-bond acceptors (Lipinski definition) is 4. The molecule has 1 saturated heterocycles. The van der Waals surface area contributed by atoms with E-state index in [4.69, 9.17) is 4.74 Å². The van der Waals surface area contributed by atoms with Crippen molar-refractivity contribution in [3.8, 4) is 5.69 Å². The molecule has 0 spiro atoms. The maximum Gasteiger partial charge on any atom is 0.250 e. The molecule has 2 unspecified atom stereocenters. The highest BCUT2D eigenvalue weighted by Gasteiger charge is 2.24. The van der Waals surface area contributed by atoms with Crippen LogP contribution in [0.25, 0.3) is 5.69 Å². The lowest BCUT2D eigenvalue weighted by Crippen LogP contribution is -2.48. The summed E-state index contributed by atoms with van der Waals surface area (Å²) in [4.78, 5) is 12.3. The van der Waals surface area contributed by atoms with Crippen molar-refractivity contribution in [1.29, 1.82) is 0 Å². The fraction of sp³-hybridized carbons (Fsp3) is 0.412. The van der Waals surface area contributed by atoms with Crippen LogP contribution in [0.15, 0.2) is 30.5 Å². The Balaban J connectivity index is 0.00000225. The number of morpholine rings is 1. The number of halogens is 2. The van der Waals surface area contributed by atoms with Gasteiger partial charge in [0.2, 0.25) is 0 Å². The van der Waals surface area contributed by atoms with Crippen LogP contribution in [0, 0.1) is 12.7 Å². The molecule has 25 heavy (non-hydrogen) atoms. The third-order valence-corrected chi connectivity index (χ3v) is 4.16. The molecular formula is C17H22ClFN4O2. The van der Waals surface area contributed by atoms with Crippen molar-refractivity contribution >= 4 is 18.3 Å². The molecule has 0 saturated carbocycles. The first kappa shape index (κ1) is 19.4. The minimum atomic E-state index is -0.464. The Hall–Kier alpha value is -1.96. The summed E-state index contributed by atoms with van der Waals surface area (Å²) in [5.41, 5.74) is 2.59. The molecule has 1 aromatic heterocycles. The molecule has 1 amide bonds. The highest BCUT2D eigenvalue weighted by Crippen LogP contribution is 2.20. The molecule has 0 radical (unpaired) electrons. The highest BCUT2D eigenvalue weighted by atomic mass is 35.5. The first-order valence-corrected chi connectivity index (χ1v) is 7.99. The standard InChI is InChI=1S/C17H21FN4O2.ClH/c1-11(21-17(23)16-10-19-7-8-24-16)15-9-20-22(12(15)2)14-5-3-13(18)4-6-14;/h3-6,9,11,16,19H,7-8,10H2,1-2H3,(H,21,23);1H. The van der Waals surface area contributed by atoms with Gasteiger partial charge < -0.3 is 15.4 Å². The van der Waals surface area contributed by atoms with Crippen molar-refractivity contribution in [1.82, 2.24) is 20.4 Å². The van der Waals surface area contributed by atoms with E-state index >= 15 is 0 Å². The van der Waals surface area contributed by atoms with Gasteiger partial charge in [0.05, 0.1) is 24.5 Å². The number of carbonyl (C=O) groups excluding carboxylic acids is 1. The third kappa shape index (κ3) is 4.36. The lowest BCUT2D eigenvalue weighted by molar-refractivity contribution is -0.134. The Morgan fingerprint density at radius 1 is 1.44 bits per heavy atom. The summed E-state index contributed by atoms with van der Waals surface area (Å²) < 4.78 is 20.3. The van der Waals surface area contributed by atoms with Gasteiger partial charge in [0.15, 0.2) is 0 Å². The Bertz CT molecular complexity index is 714. The molecule has 2 N–H and O–H groups in total. The molecule has 0 bridgehead atoms. The fourth-order valence-electron chi connectivity index (χ4n) is 2.81. The lowest BCUT2D eigenvalue weighted by Gasteiger charge is -2.24. The van der Waals surface area contributed by atoms with E-state index in [-0.39, 0.29) is 30.2 Å². The number of nitrogens with one attached hydrogen (secondary N) is 2. The molecule has 1 aliphatic heterocycles. The molecule has 136 valence electrons. The maximum absolute atomic E-state index is 13.1. The van der Waals surface area contributed by atoms with E-state index in [2.05, 4.69) is 15.7 Å². The summed E-state index contributed by atoms with van der Waals surface area (Å²) in [6.45, 7) is 5.66.